The number of fused-ring (bicyclic) bond motifs is 1. The first-order valence-corrected chi connectivity index (χ1v) is 6.93. The van der Waals surface area contributed by atoms with Crippen molar-refractivity contribution in [3.63, 3.8) is 0 Å². The SMILES string of the molecule is CC(C)c1n[nH]c(=O)c2c1CCCS2(=O)=O. The Hall–Kier alpha value is -1.17. The van der Waals surface area contributed by atoms with E-state index in [9.17, 15) is 13.2 Å². The van der Waals surface area contributed by atoms with Gasteiger partial charge < -0.3 is 0 Å². The molecule has 0 spiro atoms. The number of hydrogen-bond donors (Lipinski definition) is 1. The minimum atomic E-state index is -3.41. The molecule has 1 N–H and O–H groups in total. The molecule has 88 valence electrons. The van der Waals surface area contributed by atoms with Crippen molar-refractivity contribution in [2.24, 2.45) is 0 Å². The molecule has 1 aliphatic heterocycles. The van der Waals surface area contributed by atoms with Gasteiger partial charge in [-0.2, -0.15) is 5.10 Å². The molecule has 16 heavy (non-hydrogen) atoms. The first kappa shape index (κ1) is 11.3. The van der Waals surface area contributed by atoms with E-state index in [0.29, 0.717) is 24.1 Å². The standard InChI is InChI=1S/C10H14N2O3S/c1-6(2)8-7-4-3-5-16(14,15)9(7)10(13)12-11-8/h6H,3-5H2,1-2H3,(H,12,13). The van der Waals surface area contributed by atoms with Crippen LogP contribution in [-0.4, -0.2) is 24.4 Å². The van der Waals surface area contributed by atoms with Crippen molar-refractivity contribution in [2.75, 3.05) is 5.75 Å². The van der Waals surface area contributed by atoms with E-state index in [1.54, 1.807) is 0 Å². The number of nitrogens with one attached hydrogen (secondary N) is 1. The highest BCUT2D eigenvalue weighted by Crippen LogP contribution is 2.26. The molecule has 0 radical (unpaired) electrons. The summed E-state index contributed by atoms with van der Waals surface area (Å²) in [4.78, 5) is 11.5. The van der Waals surface area contributed by atoms with E-state index in [2.05, 4.69) is 10.2 Å². The Morgan fingerprint density at radius 3 is 2.69 bits per heavy atom. The Kier molecular flexibility index (Phi) is 2.61. The number of sulfone groups is 1. The number of hydrogen-bond acceptors (Lipinski definition) is 4. The fraction of sp³-hybridized carbons (Fsp3) is 0.600. The van der Waals surface area contributed by atoms with E-state index < -0.39 is 15.4 Å². The van der Waals surface area contributed by atoms with E-state index in [1.165, 1.54) is 0 Å². The van der Waals surface area contributed by atoms with E-state index >= 15 is 0 Å². The van der Waals surface area contributed by atoms with Crippen LogP contribution in [0.4, 0.5) is 0 Å². The zero-order chi connectivity index (χ0) is 11.9. The molecule has 0 fully saturated rings. The molecule has 0 amide bonds. The molecule has 5 nitrogen and oxygen atoms in total. The Balaban J connectivity index is 2.81. The van der Waals surface area contributed by atoms with Gasteiger partial charge in [0, 0.05) is 5.56 Å². The Morgan fingerprint density at radius 2 is 2.06 bits per heavy atom. The minimum Gasteiger partial charge on any atom is -0.267 e. The molecule has 0 aromatic carbocycles. The summed E-state index contributed by atoms with van der Waals surface area (Å²) in [5.74, 6) is 0.170. The second kappa shape index (κ2) is 3.69. The Labute approximate surface area is 93.8 Å². The summed E-state index contributed by atoms with van der Waals surface area (Å²) in [6.45, 7) is 3.87. The quantitative estimate of drug-likeness (QED) is 0.782. The molecular formula is C10H14N2O3S. The van der Waals surface area contributed by atoms with Crippen LogP contribution < -0.4 is 5.56 Å². The lowest BCUT2D eigenvalue weighted by molar-refractivity contribution is 0.579. The van der Waals surface area contributed by atoms with Crippen LogP contribution in [-0.2, 0) is 16.3 Å². The molecule has 0 atom stereocenters. The number of aromatic nitrogens is 2. The van der Waals surface area contributed by atoms with Crippen LogP contribution in [0.2, 0.25) is 0 Å². The molecule has 1 aliphatic rings. The van der Waals surface area contributed by atoms with Gasteiger partial charge in [-0.3, -0.25) is 4.79 Å². The largest absolute Gasteiger partial charge is 0.283 e. The average molecular weight is 242 g/mol. The zero-order valence-electron chi connectivity index (χ0n) is 9.28. The van der Waals surface area contributed by atoms with Crippen molar-refractivity contribution < 1.29 is 8.42 Å². The lowest BCUT2D eigenvalue weighted by atomic mass is 10.0. The Bertz CT molecular complexity index is 572. The summed E-state index contributed by atoms with van der Waals surface area (Å²) in [6, 6.07) is 0. The van der Waals surface area contributed by atoms with Crippen LogP contribution in [0.25, 0.3) is 0 Å². The summed E-state index contributed by atoms with van der Waals surface area (Å²) in [6.07, 6.45) is 1.19. The lowest BCUT2D eigenvalue weighted by Gasteiger charge is -2.18. The molecule has 0 bridgehead atoms. The highest BCUT2D eigenvalue weighted by molar-refractivity contribution is 7.91. The van der Waals surface area contributed by atoms with Gasteiger partial charge in [0.25, 0.3) is 5.56 Å². The third-order valence-corrected chi connectivity index (χ3v) is 4.65. The average Bonchev–Trinajstić information content (AvgIpc) is 2.16. The van der Waals surface area contributed by atoms with E-state index in [-0.39, 0.29) is 16.6 Å². The highest BCUT2D eigenvalue weighted by Gasteiger charge is 2.30. The van der Waals surface area contributed by atoms with Crippen molar-refractivity contribution in [3.8, 4) is 0 Å². The van der Waals surface area contributed by atoms with Crippen LogP contribution in [0.1, 0.15) is 37.4 Å². The molecule has 0 aliphatic carbocycles. The van der Waals surface area contributed by atoms with Gasteiger partial charge in [-0.05, 0) is 18.8 Å². The van der Waals surface area contributed by atoms with E-state index in [1.807, 2.05) is 13.8 Å². The molecular weight excluding hydrogens is 228 g/mol. The van der Waals surface area contributed by atoms with Gasteiger partial charge in [0.15, 0.2) is 9.84 Å². The molecule has 0 unspecified atom stereocenters. The van der Waals surface area contributed by atoms with Crippen LogP contribution in [0, 0.1) is 0 Å². The zero-order valence-corrected chi connectivity index (χ0v) is 10.1. The van der Waals surface area contributed by atoms with E-state index in [4.69, 9.17) is 0 Å². The summed E-state index contributed by atoms with van der Waals surface area (Å²) >= 11 is 0. The molecule has 1 aromatic heterocycles. The van der Waals surface area contributed by atoms with E-state index in [0.717, 1.165) is 0 Å². The summed E-state index contributed by atoms with van der Waals surface area (Å²) in [5, 5.41) is 6.23. The number of aromatic amines is 1. The normalized spacial score (nSPS) is 18.4. The summed E-state index contributed by atoms with van der Waals surface area (Å²) in [7, 11) is -3.41. The monoisotopic (exact) mass is 242 g/mol. The number of nitrogens with zero attached hydrogens (tertiary/aromatic N) is 1. The van der Waals surface area contributed by atoms with Crippen LogP contribution >= 0.6 is 0 Å². The second-order valence-corrected chi connectivity index (χ2v) is 6.37. The van der Waals surface area contributed by atoms with Crippen molar-refractivity contribution in [1.82, 2.24) is 10.2 Å². The maximum Gasteiger partial charge on any atom is 0.283 e. The molecule has 0 saturated heterocycles. The smallest absolute Gasteiger partial charge is 0.267 e. The van der Waals surface area contributed by atoms with Crippen molar-refractivity contribution in [2.45, 2.75) is 37.5 Å². The maximum atomic E-state index is 11.8. The van der Waals surface area contributed by atoms with Crippen LogP contribution in [0.15, 0.2) is 9.69 Å². The Morgan fingerprint density at radius 1 is 1.38 bits per heavy atom. The van der Waals surface area contributed by atoms with Crippen molar-refractivity contribution in [1.29, 1.82) is 0 Å². The van der Waals surface area contributed by atoms with Crippen molar-refractivity contribution in [3.05, 3.63) is 21.6 Å². The van der Waals surface area contributed by atoms with Crippen LogP contribution in [0.3, 0.4) is 0 Å². The summed E-state index contributed by atoms with van der Waals surface area (Å²) < 4.78 is 23.6. The molecule has 0 saturated carbocycles. The molecule has 2 rings (SSSR count). The van der Waals surface area contributed by atoms with Gasteiger partial charge in [-0.25, -0.2) is 13.5 Å². The third-order valence-electron chi connectivity index (χ3n) is 2.77. The molecule has 6 heteroatoms. The second-order valence-electron chi connectivity index (χ2n) is 4.32. The summed E-state index contributed by atoms with van der Waals surface area (Å²) in [5.41, 5.74) is 0.724. The van der Waals surface area contributed by atoms with Crippen molar-refractivity contribution >= 4 is 9.84 Å². The first-order valence-electron chi connectivity index (χ1n) is 5.27. The van der Waals surface area contributed by atoms with Gasteiger partial charge in [-0.15, -0.1) is 0 Å². The topological polar surface area (TPSA) is 79.9 Å². The minimum absolute atomic E-state index is 0.0579. The third kappa shape index (κ3) is 1.67. The van der Waals surface area contributed by atoms with Gasteiger partial charge in [-0.1, -0.05) is 13.8 Å². The molecule has 2 heterocycles. The first-order chi connectivity index (χ1) is 7.43. The van der Waals surface area contributed by atoms with Gasteiger partial charge >= 0.3 is 0 Å². The lowest BCUT2D eigenvalue weighted by Crippen LogP contribution is -2.29. The van der Waals surface area contributed by atoms with Gasteiger partial charge in [0.2, 0.25) is 0 Å². The number of H-pyrrole nitrogens is 1. The predicted molar refractivity (Wildman–Crippen MR) is 59.3 cm³/mol. The highest BCUT2D eigenvalue weighted by atomic mass is 32.2. The van der Waals surface area contributed by atoms with Gasteiger partial charge in [0.05, 0.1) is 11.4 Å². The van der Waals surface area contributed by atoms with Crippen LogP contribution in [0.5, 0.6) is 0 Å². The predicted octanol–water partition coefficient (Wildman–Crippen LogP) is 0.613. The number of rotatable bonds is 1. The molecule has 1 aromatic rings. The fourth-order valence-electron chi connectivity index (χ4n) is 2.07. The van der Waals surface area contributed by atoms with Gasteiger partial charge in [0.1, 0.15) is 4.90 Å². The fourth-order valence-corrected chi connectivity index (χ4v) is 3.71. The maximum absolute atomic E-state index is 11.8.